The summed E-state index contributed by atoms with van der Waals surface area (Å²) < 4.78 is 10.5. The predicted octanol–water partition coefficient (Wildman–Crippen LogP) is 4.19. The second-order valence-electron chi connectivity index (χ2n) is 7.34. The van der Waals surface area contributed by atoms with Gasteiger partial charge in [0.15, 0.2) is 5.70 Å². The van der Waals surface area contributed by atoms with Crippen LogP contribution in [0.25, 0.3) is 0 Å². The molecule has 0 N–H and O–H groups in total. The van der Waals surface area contributed by atoms with E-state index in [1.807, 2.05) is 43.5 Å². The van der Waals surface area contributed by atoms with Crippen LogP contribution in [0, 0.1) is 0 Å². The number of methoxy groups -OCH3 is 1. The Morgan fingerprint density at radius 3 is 2.46 bits per heavy atom. The van der Waals surface area contributed by atoms with Gasteiger partial charge in [0.05, 0.1) is 7.11 Å². The molecule has 4 rings (SSSR count). The highest BCUT2D eigenvalue weighted by atomic mass is 16.6. The van der Waals surface area contributed by atoms with E-state index < -0.39 is 5.97 Å². The fraction of sp³-hybridized carbons (Fsp3) is 0.217. The molecule has 0 fully saturated rings. The molecule has 0 atom stereocenters. The first kappa shape index (κ1) is 18.0. The molecule has 28 heavy (non-hydrogen) atoms. The minimum Gasteiger partial charge on any atom is -0.497 e. The van der Waals surface area contributed by atoms with Crippen molar-refractivity contribution in [2.75, 3.05) is 19.1 Å². The topological polar surface area (TPSA) is 51.1 Å². The van der Waals surface area contributed by atoms with Crippen LogP contribution in [0.1, 0.15) is 25.0 Å². The van der Waals surface area contributed by atoms with Gasteiger partial charge in [0.2, 0.25) is 5.90 Å². The number of hydrogen-bond acceptors (Lipinski definition) is 5. The molecule has 0 saturated heterocycles. The van der Waals surface area contributed by atoms with Crippen molar-refractivity contribution in [3.05, 3.63) is 83.2 Å². The zero-order valence-electron chi connectivity index (χ0n) is 16.4. The van der Waals surface area contributed by atoms with Crippen LogP contribution in [0.3, 0.4) is 0 Å². The minimum absolute atomic E-state index is 0.159. The van der Waals surface area contributed by atoms with Crippen LogP contribution in [0.4, 0.5) is 5.69 Å². The van der Waals surface area contributed by atoms with Crippen LogP contribution in [0.15, 0.2) is 77.1 Å². The summed E-state index contributed by atoms with van der Waals surface area (Å²) in [6.45, 7) is 4.36. The van der Waals surface area contributed by atoms with Gasteiger partial charge in [-0.2, -0.15) is 0 Å². The summed E-state index contributed by atoms with van der Waals surface area (Å²) >= 11 is 0. The van der Waals surface area contributed by atoms with Crippen molar-refractivity contribution in [3.63, 3.8) is 0 Å². The lowest BCUT2D eigenvalue weighted by molar-refractivity contribution is -0.130. The highest BCUT2D eigenvalue weighted by molar-refractivity contribution is 6.11. The zero-order valence-corrected chi connectivity index (χ0v) is 16.4. The number of carbonyl (C=O) groups is 1. The maximum atomic E-state index is 12.3. The monoisotopic (exact) mass is 374 g/mol. The Morgan fingerprint density at radius 2 is 1.79 bits per heavy atom. The summed E-state index contributed by atoms with van der Waals surface area (Å²) in [6.07, 6.45) is 3.69. The summed E-state index contributed by atoms with van der Waals surface area (Å²) in [4.78, 5) is 18.8. The Balaban J connectivity index is 1.65. The number of rotatable bonds is 3. The van der Waals surface area contributed by atoms with Crippen molar-refractivity contribution in [1.29, 1.82) is 0 Å². The van der Waals surface area contributed by atoms with Crippen molar-refractivity contribution < 1.29 is 14.3 Å². The van der Waals surface area contributed by atoms with Gasteiger partial charge in [-0.3, -0.25) is 0 Å². The van der Waals surface area contributed by atoms with E-state index in [-0.39, 0.29) is 5.41 Å². The summed E-state index contributed by atoms with van der Waals surface area (Å²) in [5, 5.41) is 0. The van der Waals surface area contributed by atoms with Gasteiger partial charge in [-0.05, 0) is 48.0 Å². The lowest BCUT2D eigenvalue weighted by Gasteiger charge is -2.23. The van der Waals surface area contributed by atoms with Crippen molar-refractivity contribution >= 4 is 17.6 Å². The molecular formula is C23H22N2O3. The van der Waals surface area contributed by atoms with Gasteiger partial charge in [0.25, 0.3) is 0 Å². The summed E-state index contributed by atoms with van der Waals surface area (Å²) in [5.74, 6) is 0.596. The van der Waals surface area contributed by atoms with E-state index in [2.05, 4.69) is 41.9 Å². The first-order valence-corrected chi connectivity index (χ1v) is 9.13. The van der Waals surface area contributed by atoms with Gasteiger partial charge in [-0.25, -0.2) is 9.79 Å². The van der Waals surface area contributed by atoms with Crippen LogP contribution in [-0.2, 0) is 14.9 Å². The second-order valence-corrected chi connectivity index (χ2v) is 7.34. The molecule has 0 amide bonds. The molecule has 0 bridgehead atoms. The van der Waals surface area contributed by atoms with E-state index in [9.17, 15) is 4.79 Å². The first-order valence-electron chi connectivity index (χ1n) is 9.13. The van der Waals surface area contributed by atoms with Gasteiger partial charge in [0, 0.05) is 29.4 Å². The van der Waals surface area contributed by atoms with Crippen LogP contribution in [-0.4, -0.2) is 26.0 Å². The molecule has 0 saturated carbocycles. The standard InChI is InChI=1S/C23H22N2O3/c1-23(2)17-7-5-6-8-19(17)25(3)20(23)14-13-18-22(26)28-21(24-18)15-9-11-16(27-4)12-10-15/h5-14H,1-4H3/b18-13-,20-14-. The molecule has 2 heterocycles. The average Bonchev–Trinajstić information content (AvgIpc) is 3.16. The third-order valence-electron chi connectivity index (χ3n) is 5.30. The molecule has 0 spiro atoms. The molecule has 2 aromatic carbocycles. The van der Waals surface area contributed by atoms with Crippen LogP contribution < -0.4 is 9.64 Å². The number of carbonyl (C=O) groups excluding carboxylic acids is 1. The smallest absolute Gasteiger partial charge is 0.363 e. The van der Waals surface area contributed by atoms with Gasteiger partial charge in [0.1, 0.15) is 5.75 Å². The summed E-state index contributed by atoms with van der Waals surface area (Å²) in [5.41, 5.74) is 4.40. The van der Waals surface area contributed by atoms with Crippen molar-refractivity contribution in [2.24, 2.45) is 4.99 Å². The number of allylic oxidation sites excluding steroid dienone is 3. The van der Waals surface area contributed by atoms with Crippen LogP contribution in [0.2, 0.25) is 0 Å². The van der Waals surface area contributed by atoms with E-state index in [0.29, 0.717) is 11.6 Å². The number of para-hydroxylation sites is 1. The third kappa shape index (κ3) is 2.89. The summed E-state index contributed by atoms with van der Waals surface area (Å²) in [6, 6.07) is 15.6. The average molecular weight is 374 g/mol. The van der Waals surface area contributed by atoms with E-state index in [4.69, 9.17) is 9.47 Å². The van der Waals surface area contributed by atoms with E-state index in [1.54, 1.807) is 13.2 Å². The molecule has 0 aromatic heterocycles. The van der Waals surface area contributed by atoms with Crippen molar-refractivity contribution in [2.45, 2.75) is 19.3 Å². The summed E-state index contributed by atoms with van der Waals surface area (Å²) in [7, 11) is 3.65. The van der Waals surface area contributed by atoms with Crippen molar-refractivity contribution in [3.8, 4) is 5.75 Å². The lowest BCUT2D eigenvalue weighted by Crippen LogP contribution is -2.22. The highest BCUT2D eigenvalue weighted by Gasteiger charge is 2.38. The number of cyclic esters (lactones) is 1. The molecule has 0 radical (unpaired) electrons. The quantitative estimate of drug-likeness (QED) is 0.597. The number of esters is 1. The molecule has 2 aliphatic rings. The second kappa shape index (κ2) is 6.68. The molecule has 5 nitrogen and oxygen atoms in total. The van der Waals surface area contributed by atoms with Gasteiger partial charge in [-0.1, -0.05) is 32.0 Å². The minimum atomic E-state index is -0.446. The molecule has 2 aliphatic heterocycles. The Labute approximate surface area is 164 Å². The van der Waals surface area contributed by atoms with Crippen molar-refractivity contribution in [1.82, 2.24) is 0 Å². The van der Waals surface area contributed by atoms with Gasteiger partial charge < -0.3 is 14.4 Å². The number of aliphatic imine (C=N–C) groups is 1. The maximum absolute atomic E-state index is 12.3. The molecule has 142 valence electrons. The van der Waals surface area contributed by atoms with Gasteiger partial charge >= 0.3 is 5.97 Å². The van der Waals surface area contributed by atoms with E-state index in [1.165, 1.54) is 11.3 Å². The fourth-order valence-corrected chi connectivity index (χ4v) is 3.74. The maximum Gasteiger partial charge on any atom is 0.363 e. The molecule has 0 unspecified atom stereocenters. The normalized spacial score (nSPS) is 20.4. The largest absolute Gasteiger partial charge is 0.497 e. The number of fused-ring (bicyclic) bond motifs is 1. The Bertz CT molecular complexity index is 1030. The Hall–Kier alpha value is -3.34. The Morgan fingerprint density at radius 1 is 1.07 bits per heavy atom. The number of hydrogen-bond donors (Lipinski definition) is 0. The molecule has 2 aromatic rings. The zero-order chi connectivity index (χ0) is 19.9. The van der Waals surface area contributed by atoms with E-state index in [0.717, 1.165) is 17.0 Å². The van der Waals surface area contributed by atoms with Gasteiger partial charge in [-0.15, -0.1) is 0 Å². The van der Waals surface area contributed by atoms with Crippen LogP contribution in [0.5, 0.6) is 5.75 Å². The fourth-order valence-electron chi connectivity index (χ4n) is 3.74. The molecule has 0 aliphatic carbocycles. The predicted molar refractivity (Wildman–Crippen MR) is 110 cm³/mol. The number of likely N-dealkylation sites (N-methyl/N-ethyl adjacent to an activating group) is 1. The Kier molecular flexibility index (Phi) is 4.30. The SMILES string of the molecule is COc1ccc(C2=N/C(=C\C=C3/N(C)c4ccccc4C3(C)C)C(=O)O2)cc1. The molecule has 5 heteroatoms. The number of anilines is 1. The number of ether oxygens (including phenoxy) is 2. The first-order chi connectivity index (χ1) is 13.4. The lowest BCUT2D eigenvalue weighted by atomic mass is 9.84. The highest BCUT2D eigenvalue weighted by Crippen LogP contribution is 2.46. The molecular weight excluding hydrogens is 352 g/mol. The van der Waals surface area contributed by atoms with Crippen LogP contribution >= 0.6 is 0 Å². The van der Waals surface area contributed by atoms with E-state index >= 15 is 0 Å². The third-order valence-corrected chi connectivity index (χ3v) is 5.30. The number of benzene rings is 2. The number of nitrogens with zero attached hydrogens (tertiary/aromatic N) is 2.